The van der Waals surface area contributed by atoms with Crippen molar-refractivity contribution < 1.29 is 23.8 Å². The molecular weight excluding hydrogens is 562 g/mol. The van der Waals surface area contributed by atoms with Crippen molar-refractivity contribution in [2.24, 2.45) is 0 Å². The second-order valence-corrected chi connectivity index (χ2v) is 11.0. The molecule has 0 aliphatic heterocycles. The van der Waals surface area contributed by atoms with Crippen LogP contribution in [0.3, 0.4) is 0 Å². The van der Waals surface area contributed by atoms with Crippen molar-refractivity contribution in [1.82, 2.24) is 4.37 Å². The second kappa shape index (κ2) is 10.6. The van der Waals surface area contributed by atoms with Crippen molar-refractivity contribution >= 4 is 52.5 Å². The number of anilines is 1. The number of aryl methyl sites for hydroxylation is 1. The van der Waals surface area contributed by atoms with Crippen LogP contribution in [0.15, 0.2) is 60.7 Å². The number of hydrogen-bond donors (Lipinski definition) is 2. The van der Waals surface area contributed by atoms with E-state index < -0.39 is 29.4 Å². The molecule has 6 nitrogen and oxygen atoms in total. The van der Waals surface area contributed by atoms with Gasteiger partial charge in [0, 0.05) is 26.7 Å². The number of nitrogens with zero attached hydrogens (tertiary/aromatic N) is 1. The topological polar surface area (TPSA) is 88.5 Å². The molecule has 0 spiro atoms. The number of carboxylic acid groups (broad SMARTS) is 1. The fourth-order valence-corrected chi connectivity index (χ4v) is 5.95. The molecule has 0 unspecified atom stereocenters. The maximum atomic E-state index is 15.5. The third-order valence-electron chi connectivity index (χ3n) is 6.93. The molecule has 2 N–H and O–H groups in total. The molecule has 200 valence electrons. The molecule has 1 saturated carbocycles. The van der Waals surface area contributed by atoms with Crippen LogP contribution in [0.4, 0.5) is 14.9 Å². The van der Waals surface area contributed by atoms with Crippen molar-refractivity contribution in [3.8, 4) is 21.6 Å². The monoisotopic (exact) mass is 584 g/mol. The molecule has 0 radical (unpaired) electrons. The fraction of sp³-hybridized carbons (Fsp3) is 0.207. The van der Waals surface area contributed by atoms with Crippen LogP contribution < -0.4 is 5.32 Å². The fourth-order valence-electron chi connectivity index (χ4n) is 4.52. The third kappa shape index (κ3) is 5.24. The lowest BCUT2D eigenvalue weighted by Crippen LogP contribution is -2.19. The molecule has 39 heavy (non-hydrogen) atoms. The Labute approximate surface area is 238 Å². The van der Waals surface area contributed by atoms with Gasteiger partial charge in [-0.2, -0.15) is 4.37 Å². The number of hydrogen-bond acceptors (Lipinski definition) is 5. The van der Waals surface area contributed by atoms with Gasteiger partial charge in [0.1, 0.15) is 11.9 Å². The molecule has 1 atom stereocenters. The molecule has 5 rings (SSSR count). The number of carbonyl (C=O) groups is 2. The van der Waals surface area contributed by atoms with Gasteiger partial charge in [0.25, 0.3) is 0 Å². The van der Waals surface area contributed by atoms with Crippen LogP contribution in [0, 0.1) is 12.7 Å². The van der Waals surface area contributed by atoms with E-state index in [1.54, 1.807) is 62.4 Å². The minimum absolute atomic E-state index is 0.184. The highest BCUT2D eigenvalue weighted by atomic mass is 35.5. The Bertz CT molecular complexity index is 1580. The first-order valence-electron chi connectivity index (χ1n) is 12.1. The molecule has 3 aromatic carbocycles. The van der Waals surface area contributed by atoms with Gasteiger partial charge >= 0.3 is 12.1 Å². The van der Waals surface area contributed by atoms with Crippen LogP contribution in [0.1, 0.15) is 42.7 Å². The van der Waals surface area contributed by atoms with E-state index in [1.165, 1.54) is 12.1 Å². The Balaban J connectivity index is 1.38. The van der Waals surface area contributed by atoms with Crippen LogP contribution in [0.25, 0.3) is 21.6 Å². The van der Waals surface area contributed by atoms with Crippen LogP contribution in [-0.2, 0) is 14.9 Å². The lowest BCUT2D eigenvalue weighted by atomic mass is 9.93. The van der Waals surface area contributed by atoms with E-state index in [0.717, 1.165) is 17.1 Å². The van der Waals surface area contributed by atoms with Gasteiger partial charge in [-0.1, -0.05) is 65.7 Å². The van der Waals surface area contributed by atoms with Gasteiger partial charge in [0.15, 0.2) is 0 Å². The molecule has 0 saturated heterocycles. The van der Waals surface area contributed by atoms with Gasteiger partial charge in [0.05, 0.1) is 21.7 Å². The Morgan fingerprint density at radius 2 is 1.77 bits per heavy atom. The molecule has 10 heteroatoms. The van der Waals surface area contributed by atoms with E-state index in [2.05, 4.69) is 9.69 Å². The predicted molar refractivity (Wildman–Crippen MR) is 151 cm³/mol. The van der Waals surface area contributed by atoms with Crippen LogP contribution >= 0.6 is 34.7 Å². The van der Waals surface area contributed by atoms with Crippen LogP contribution in [0.5, 0.6) is 0 Å². The van der Waals surface area contributed by atoms with Crippen molar-refractivity contribution in [2.45, 2.75) is 38.2 Å². The summed E-state index contributed by atoms with van der Waals surface area (Å²) in [4.78, 5) is 24.7. The largest absolute Gasteiger partial charge is 0.481 e. The van der Waals surface area contributed by atoms with E-state index in [-0.39, 0.29) is 5.56 Å². The highest BCUT2D eigenvalue weighted by Crippen LogP contribution is 2.49. The number of aromatic nitrogens is 1. The zero-order valence-corrected chi connectivity index (χ0v) is 23.3. The number of ether oxygens (including phenoxy) is 1. The Kier molecular flexibility index (Phi) is 7.37. The van der Waals surface area contributed by atoms with E-state index in [9.17, 15) is 14.7 Å². The standard InChI is InChI=1S/C29H23Cl2FN2O4S/c1-15-25(33-28(37)38-16(2)19-5-3-4-6-22(19)30)26(39-34-15)21-13-23(31)20(14-24(21)32)17-7-9-18(10-8-17)29(11-12-29)27(35)36/h3-10,13-14,16H,11-12H2,1-2H3,(H,33,37)(H,35,36)/t16-/m1/s1. The quantitative estimate of drug-likeness (QED) is 0.227. The lowest BCUT2D eigenvalue weighted by Gasteiger charge is -2.16. The maximum absolute atomic E-state index is 15.5. The highest BCUT2D eigenvalue weighted by Gasteiger charge is 2.51. The number of nitrogens with one attached hydrogen (secondary N) is 1. The van der Waals surface area contributed by atoms with Crippen LogP contribution in [0.2, 0.25) is 10.0 Å². The van der Waals surface area contributed by atoms with Gasteiger partial charge in [-0.25, -0.2) is 9.18 Å². The zero-order valence-electron chi connectivity index (χ0n) is 20.9. The summed E-state index contributed by atoms with van der Waals surface area (Å²) in [5, 5.41) is 13.0. The van der Waals surface area contributed by atoms with Crippen molar-refractivity contribution in [3.63, 3.8) is 0 Å². The first kappa shape index (κ1) is 27.1. The first-order chi connectivity index (χ1) is 18.6. The number of aliphatic carboxylic acids is 1. The summed E-state index contributed by atoms with van der Waals surface area (Å²) in [7, 11) is 0. The van der Waals surface area contributed by atoms with Gasteiger partial charge in [-0.3, -0.25) is 10.1 Å². The summed E-state index contributed by atoms with van der Waals surface area (Å²) in [6.45, 7) is 3.41. The van der Waals surface area contributed by atoms with E-state index in [0.29, 0.717) is 55.8 Å². The Morgan fingerprint density at radius 3 is 2.41 bits per heavy atom. The number of rotatable bonds is 7. The smallest absolute Gasteiger partial charge is 0.412 e. The molecule has 1 aliphatic carbocycles. The summed E-state index contributed by atoms with van der Waals surface area (Å²) < 4.78 is 25.3. The number of halogens is 3. The molecule has 1 heterocycles. The minimum atomic E-state index is -0.838. The van der Waals surface area contributed by atoms with E-state index in [1.807, 2.05) is 0 Å². The van der Waals surface area contributed by atoms with Gasteiger partial charge < -0.3 is 9.84 Å². The third-order valence-corrected chi connectivity index (χ3v) is 8.55. The maximum Gasteiger partial charge on any atom is 0.412 e. The normalized spacial score (nSPS) is 14.5. The zero-order chi connectivity index (χ0) is 27.9. The number of carbonyl (C=O) groups excluding carboxylic acids is 1. The van der Waals surface area contributed by atoms with Crippen molar-refractivity contribution in [3.05, 3.63) is 93.3 Å². The van der Waals surface area contributed by atoms with Crippen LogP contribution in [-0.4, -0.2) is 21.5 Å². The molecular formula is C29H23Cl2FN2O4S. The second-order valence-electron chi connectivity index (χ2n) is 9.44. The molecule has 1 amide bonds. The first-order valence-corrected chi connectivity index (χ1v) is 13.7. The SMILES string of the molecule is Cc1nsc(-c2cc(Cl)c(-c3ccc(C4(C(=O)O)CC4)cc3)cc2F)c1NC(=O)O[C@H](C)c1ccccc1Cl. The summed E-state index contributed by atoms with van der Waals surface area (Å²) in [6, 6.07) is 16.9. The van der Waals surface area contributed by atoms with Crippen molar-refractivity contribution in [1.29, 1.82) is 0 Å². The predicted octanol–water partition coefficient (Wildman–Crippen LogP) is 8.66. The average molecular weight is 585 g/mol. The van der Waals surface area contributed by atoms with E-state index in [4.69, 9.17) is 27.9 Å². The number of benzene rings is 3. The van der Waals surface area contributed by atoms with Gasteiger partial charge in [-0.15, -0.1) is 0 Å². The molecule has 1 aromatic heterocycles. The lowest BCUT2D eigenvalue weighted by molar-refractivity contribution is -0.140. The summed E-state index contributed by atoms with van der Waals surface area (Å²) in [5.74, 6) is -1.39. The van der Waals surface area contributed by atoms with Gasteiger partial charge in [-0.05, 0) is 67.5 Å². The Hall–Kier alpha value is -3.46. The molecule has 1 fully saturated rings. The molecule has 4 aromatic rings. The van der Waals surface area contributed by atoms with E-state index >= 15 is 4.39 Å². The Morgan fingerprint density at radius 1 is 1.08 bits per heavy atom. The molecule has 1 aliphatic rings. The highest BCUT2D eigenvalue weighted by molar-refractivity contribution is 7.10. The number of carboxylic acids is 1. The van der Waals surface area contributed by atoms with Gasteiger partial charge in [0.2, 0.25) is 0 Å². The summed E-state index contributed by atoms with van der Waals surface area (Å²) in [5.41, 5.74) is 2.69. The molecule has 0 bridgehead atoms. The average Bonchev–Trinajstić information content (AvgIpc) is 3.65. The summed E-state index contributed by atoms with van der Waals surface area (Å²) >= 11 is 13.8. The van der Waals surface area contributed by atoms with Crippen molar-refractivity contribution in [2.75, 3.05) is 5.32 Å². The summed E-state index contributed by atoms with van der Waals surface area (Å²) in [6.07, 6.45) is -0.146. The minimum Gasteiger partial charge on any atom is -0.481 e. The number of amides is 1.